The molecule has 0 radical (unpaired) electrons. The van der Waals surface area contributed by atoms with Crippen LogP contribution in [0.2, 0.25) is 10.0 Å². The lowest BCUT2D eigenvalue weighted by Crippen LogP contribution is -2.52. The number of hydrogen-bond donors (Lipinski definition) is 0. The molecule has 1 aliphatic heterocycles. The summed E-state index contributed by atoms with van der Waals surface area (Å²) in [7, 11) is -3.72. The maximum absolute atomic E-state index is 12.9. The van der Waals surface area contributed by atoms with E-state index >= 15 is 0 Å². The summed E-state index contributed by atoms with van der Waals surface area (Å²) in [6.45, 7) is 6.28. The molecule has 3 rings (SSSR count). The van der Waals surface area contributed by atoms with Crippen molar-refractivity contribution >= 4 is 50.5 Å². The van der Waals surface area contributed by atoms with Crippen LogP contribution in [0.5, 0.6) is 0 Å². The van der Waals surface area contributed by atoms with Gasteiger partial charge < -0.3 is 9.80 Å². The number of carbonyl (C=O) groups excluding carboxylic acids is 1. The van der Waals surface area contributed by atoms with Crippen molar-refractivity contribution in [3.63, 3.8) is 0 Å². The summed E-state index contributed by atoms with van der Waals surface area (Å²) in [5.74, 6) is -0.267. The van der Waals surface area contributed by atoms with Crippen molar-refractivity contribution in [1.29, 1.82) is 0 Å². The lowest BCUT2D eigenvalue weighted by molar-refractivity contribution is -0.129. The number of benzene rings is 2. The van der Waals surface area contributed by atoms with Crippen molar-refractivity contribution in [3.05, 3.63) is 57.6 Å². The van der Waals surface area contributed by atoms with Crippen molar-refractivity contribution in [1.82, 2.24) is 4.90 Å². The van der Waals surface area contributed by atoms with E-state index in [1.54, 1.807) is 23.1 Å². The van der Waals surface area contributed by atoms with Crippen LogP contribution in [0.3, 0.4) is 0 Å². The summed E-state index contributed by atoms with van der Waals surface area (Å²) in [6, 6.07) is 10.9. The van der Waals surface area contributed by atoms with Gasteiger partial charge in [0.05, 0.1) is 22.0 Å². The first-order valence-corrected chi connectivity index (χ1v) is 12.2. The zero-order valence-corrected chi connectivity index (χ0v) is 19.6. The van der Waals surface area contributed by atoms with E-state index in [0.717, 1.165) is 10.6 Å². The Bertz CT molecular complexity index is 1050. The molecule has 0 N–H and O–H groups in total. The molecule has 0 bridgehead atoms. The van der Waals surface area contributed by atoms with E-state index in [-0.39, 0.29) is 28.2 Å². The average Bonchev–Trinajstić information content (AvgIpc) is 2.70. The highest BCUT2D eigenvalue weighted by molar-refractivity contribution is 7.92. The molecule has 2 aromatic carbocycles. The number of sulfonamides is 1. The molecule has 0 spiro atoms. The number of aryl methyl sites for hydroxylation is 1. The zero-order chi connectivity index (χ0) is 22.1. The van der Waals surface area contributed by atoms with E-state index in [1.165, 1.54) is 16.8 Å². The smallest absolute Gasteiger partial charge is 0.243 e. The fraction of sp³-hybridized carbons (Fsp3) is 0.381. The number of hydrogen-bond acceptors (Lipinski definition) is 4. The minimum Gasteiger partial charge on any atom is -0.368 e. The average molecular weight is 470 g/mol. The Kier molecular flexibility index (Phi) is 6.84. The van der Waals surface area contributed by atoms with Crippen molar-refractivity contribution in [2.45, 2.75) is 13.8 Å². The fourth-order valence-electron chi connectivity index (χ4n) is 3.56. The molecule has 0 aromatic heterocycles. The monoisotopic (exact) mass is 469 g/mol. The Balaban J connectivity index is 1.72. The highest BCUT2D eigenvalue weighted by Crippen LogP contribution is 2.33. The van der Waals surface area contributed by atoms with Gasteiger partial charge in [0.2, 0.25) is 15.9 Å². The summed E-state index contributed by atoms with van der Waals surface area (Å²) in [5, 5.41) is 0.342. The topological polar surface area (TPSA) is 60.9 Å². The fourth-order valence-corrected chi connectivity index (χ4v) is 4.87. The van der Waals surface area contributed by atoms with Gasteiger partial charge in [-0.25, -0.2) is 8.42 Å². The van der Waals surface area contributed by atoms with E-state index in [9.17, 15) is 13.2 Å². The quantitative estimate of drug-likeness (QED) is 0.669. The normalized spacial score (nSPS) is 14.7. The predicted molar refractivity (Wildman–Crippen MR) is 123 cm³/mol. The Morgan fingerprint density at radius 2 is 1.67 bits per heavy atom. The molecule has 0 saturated carbocycles. The lowest BCUT2D eigenvalue weighted by Gasteiger charge is -2.37. The van der Waals surface area contributed by atoms with E-state index in [2.05, 4.69) is 30.9 Å². The first-order valence-electron chi connectivity index (χ1n) is 9.60. The Morgan fingerprint density at radius 3 is 2.30 bits per heavy atom. The molecule has 0 atom stereocenters. The highest BCUT2D eigenvalue weighted by Gasteiger charge is 2.28. The van der Waals surface area contributed by atoms with E-state index in [0.29, 0.717) is 26.2 Å². The van der Waals surface area contributed by atoms with Gasteiger partial charge in [-0.05, 0) is 43.2 Å². The molecule has 1 saturated heterocycles. The molecule has 6 nitrogen and oxygen atoms in total. The molecule has 30 heavy (non-hydrogen) atoms. The Morgan fingerprint density at radius 1 is 1.03 bits per heavy atom. The van der Waals surface area contributed by atoms with Crippen LogP contribution < -0.4 is 9.21 Å². The second-order valence-corrected chi connectivity index (χ2v) is 10.1. The van der Waals surface area contributed by atoms with E-state index in [4.69, 9.17) is 23.2 Å². The molecular weight excluding hydrogens is 445 g/mol. The largest absolute Gasteiger partial charge is 0.368 e. The van der Waals surface area contributed by atoms with Gasteiger partial charge in [-0.2, -0.15) is 0 Å². The van der Waals surface area contributed by atoms with Gasteiger partial charge in [0.15, 0.2) is 0 Å². The van der Waals surface area contributed by atoms with Crippen LogP contribution in [0, 0.1) is 13.8 Å². The van der Waals surface area contributed by atoms with Gasteiger partial charge in [0, 0.05) is 31.9 Å². The number of amides is 1. The van der Waals surface area contributed by atoms with Crippen molar-refractivity contribution in [2.24, 2.45) is 0 Å². The highest BCUT2D eigenvalue weighted by atomic mass is 35.5. The van der Waals surface area contributed by atoms with E-state index < -0.39 is 10.0 Å². The second kappa shape index (κ2) is 9.04. The van der Waals surface area contributed by atoms with Gasteiger partial charge in [-0.3, -0.25) is 9.10 Å². The summed E-state index contributed by atoms with van der Waals surface area (Å²) in [5.41, 5.74) is 3.84. The maximum atomic E-state index is 12.9. The third-order valence-electron chi connectivity index (χ3n) is 5.43. The summed E-state index contributed by atoms with van der Waals surface area (Å²) < 4.78 is 25.7. The zero-order valence-electron chi connectivity index (χ0n) is 17.2. The number of halogens is 2. The lowest BCUT2D eigenvalue weighted by atomic mass is 10.1. The van der Waals surface area contributed by atoms with Crippen LogP contribution >= 0.6 is 23.2 Å². The SMILES string of the molecule is Cc1cccc(N2CCN(C(=O)CN(c3cccc(Cl)c3Cl)S(C)(=O)=O)CC2)c1C. The Labute approximate surface area is 188 Å². The molecule has 1 amide bonds. The van der Waals surface area contributed by atoms with Gasteiger partial charge in [-0.15, -0.1) is 0 Å². The summed E-state index contributed by atoms with van der Waals surface area (Å²) in [6.07, 6.45) is 1.05. The maximum Gasteiger partial charge on any atom is 0.243 e. The van der Waals surface area contributed by atoms with Crippen molar-refractivity contribution in [3.8, 4) is 0 Å². The first-order chi connectivity index (χ1) is 14.1. The molecule has 9 heteroatoms. The van der Waals surface area contributed by atoms with Crippen LogP contribution in [0.25, 0.3) is 0 Å². The first kappa shape index (κ1) is 22.7. The predicted octanol–water partition coefficient (Wildman–Crippen LogP) is 3.73. The molecule has 0 unspecified atom stereocenters. The van der Waals surface area contributed by atoms with Crippen LogP contribution in [0.15, 0.2) is 36.4 Å². The minimum atomic E-state index is -3.72. The Hall–Kier alpha value is -1.96. The number of rotatable bonds is 5. The van der Waals surface area contributed by atoms with E-state index in [1.807, 2.05) is 6.07 Å². The third kappa shape index (κ3) is 4.85. The number of carbonyl (C=O) groups is 1. The molecule has 162 valence electrons. The van der Waals surface area contributed by atoms with Crippen molar-refractivity contribution < 1.29 is 13.2 Å². The van der Waals surface area contributed by atoms with Crippen LogP contribution in [-0.2, 0) is 14.8 Å². The molecule has 2 aromatic rings. The molecule has 1 aliphatic rings. The standard InChI is InChI=1S/C21H25Cl2N3O3S/c1-15-6-4-8-18(16(15)2)24-10-12-25(13-11-24)20(27)14-26(30(3,28)29)19-9-5-7-17(22)21(19)23/h4-9H,10-14H2,1-3H3. The summed E-state index contributed by atoms with van der Waals surface area (Å²) in [4.78, 5) is 16.9. The minimum absolute atomic E-state index is 0.108. The van der Waals surface area contributed by atoms with Gasteiger partial charge in [-0.1, -0.05) is 41.4 Å². The van der Waals surface area contributed by atoms with Gasteiger partial charge >= 0.3 is 0 Å². The molecule has 1 heterocycles. The van der Waals surface area contributed by atoms with Crippen LogP contribution in [-0.4, -0.2) is 58.2 Å². The molecule has 1 fully saturated rings. The third-order valence-corrected chi connectivity index (χ3v) is 7.36. The van der Waals surface area contributed by atoms with Gasteiger partial charge in [0.25, 0.3) is 0 Å². The van der Waals surface area contributed by atoms with Gasteiger partial charge in [0.1, 0.15) is 6.54 Å². The molecular formula is C21H25Cl2N3O3S. The number of nitrogens with zero attached hydrogens (tertiary/aromatic N) is 3. The van der Waals surface area contributed by atoms with Crippen LogP contribution in [0.1, 0.15) is 11.1 Å². The van der Waals surface area contributed by atoms with Crippen LogP contribution in [0.4, 0.5) is 11.4 Å². The van der Waals surface area contributed by atoms with Crippen molar-refractivity contribution in [2.75, 3.05) is 48.2 Å². The second-order valence-electron chi connectivity index (χ2n) is 7.43. The number of piperazine rings is 1. The molecule has 0 aliphatic carbocycles. The number of anilines is 2. The summed E-state index contributed by atoms with van der Waals surface area (Å²) >= 11 is 12.2.